The highest BCUT2D eigenvalue weighted by molar-refractivity contribution is 7.99. The fraction of sp³-hybridized carbons (Fsp3) is 0.350. The summed E-state index contributed by atoms with van der Waals surface area (Å²) >= 11 is 7.69. The van der Waals surface area contributed by atoms with Crippen molar-refractivity contribution in [3.8, 4) is 0 Å². The van der Waals surface area contributed by atoms with Gasteiger partial charge in [-0.1, -0.05) is 17.7 Å². The molecule has 0 spiro atoms. The molecule has 2 heterocycles. The molecule has 0 unspecified atom stereocenters. The molecule has 4 rings (SSSR count). The number of nitrogens with one attached hydrogen (secondary N) is 1. The summed E-state index contributed by atoms with van der Waals surface area (Å²) in [7, 11) is -3.81. The lowest BCUT2D eigenvalue weighted by Gasteiger charge is -2.29. The van der Waals surface area contributed by atoms with E-state index in [0.717, 1.165) is 24.6 Å². The first-order valence-electron chi connectivity index (χ1n) is 9.69. The molecule has 11 heteroatoms. The number of amides is 1. The third-order valence-electron chi connectivity index (χ3n) is 5.08. The van der Waals surface area contributed by atoms with E-state index >= 15 is 0 Å². The number of benzene rings is 2. The Labute approximate surface area is 189 Å². The molecule has 166 valence electrons. The van der Waals surface area contributed by atoms with Gasteiger partial charge < -0.3 is 9.64 Å². The average molecular weight is 486 g/mol. The minimum absolute atomic E-state index is 0.0231. The number of sulfonamides is 1. The summed E-state index contributed by atoms with van der Waals surface area (Å²) in [4.78, 5) is 15.6. The quantitative estimate of drug-likeness (QED) is 0.676. The van der Waals surface area contributed by atoms with Crippen LogP contribution in [0.25, 0.3) is 0 Å². The van der Waals surface area contributed by atoms with Crippen LogP contribution in [0.15, 0.2) is 47.4 Å². The van der Waals surface area contributed by atoms with Gasteiger partial charge in [0.15, 0.2) is 0 Å². The van der Waals surface area contributed by atoms with E-state index in [1.54, 1.807) is 18.2 Å². The van der Waals surface area contributed by atoms with Gasteiger partial charge in [0.25, 0.3) is 0 Å². The number of hydrogen-bond donors (Lipinski definition) is 1. The van der Waals surface area contributed by atoms with E-state index in [-0.39, 0.29) is 18.0 Å². The van der Waals surface area contributed by atoms with Crippen LogP contribution in [0.2, 0.25) is 5.02 Å². The number of cyclic esters (lactones) is 1. The van der Waals surface area contributed by atoms with Gasteiger partial charge in [-0.3, -0.25) is 4.90 Å². The van der Waals surface area contributed by atoms with Crippen LogP contribution in [0.1, 0.15) is 0 Å². The first-order valence-corrected chi connectivity index (χ1v) is 12.7. The summed E-state index contributed by atoms with van der Waals surface area (Å²) in [5.41, 5.74) is 0.889. The molecule has 0 bridgehead atoms. The molecule has 0 radical (unpaired) electrons. The molecule has 1 N–H and O–H groups in total. The van der Waals surface area contributed by atoms with E-state index in [9.17, 15) is 17.6 Å². The Balaban J connectivity index is 1.40. The molecule has 2 aromatic rings. The first-order chi connectivity index (χ1) is 14.8. The molecule has 2 aliphatic rings. The monoisotopic (exact) mass is 485 g/mol. The van der Waals surface area contributed by atoms with E-state index in [4.69, 9.17) is 16.3 Å². The zero-order valence-electron chi connectivity index (χ0n) is 16.5. The molecule has 1 atom stereocenters. The van der Waals surface area contributed by atoms with E-state index in [1.807, 2.05) is 16.7 Å². The summed E-state index contributed by atoms with van der Waals surface area (Å²) in [6.07, 6.45) is -1.35. The standard InChI is InChI=1S/C20H21ClFN3O4S2/c21-14-2-1-3-17(10-14)31(27,28)23-12-16-13-25(20(26)29-16)15-4-5-19(18(22)11-15)24-6-8-30-9-7-24/h1-5,10-11,16,23H,6-9,12-13H2/t16-/m0/s1. The normalized spacial score (nSPS) is 19.5. The summed E-state index contributed by atoms with van der Waals surface area (Å²) in [6.45, 7) is 1.56. The molecular weight excluding hydrogens is 465 g/mol. The van der Waals surface area contributed by atoms with Crippen molar-refractivity contribution in [2.24, 2.45) is 0 Å². The number of carbonyl (C=O) groups excluding carboxylic acids is 1. The second kappa shape index (κ2) is 9.23. The predicted molar refractivity (Wildman–Crippen MR) is 120 cm³/mol. The second-order valence-electron chi connectivity index (χ2n) is 7.16. The Kier molecular flexibility index (Phi) is 6.61. The first kappa shape index (κ1) is 22.2. The SMILES string of the molecule is O=C1O[C@@H](CNS(=O)(=O)c2cccc(Cl)c2)CN1c1ccc(N2CCSCC2)c(F)c1. The van der Waals surface area contributed by atoms with Crippen molar-refractivity contribution in [1.82, 2.24) is 4.72 Å². The lowest BCUT2D eigenvalue weighted by Crippen LogP contribution is -2.34. The van der Waals surface area contributed by atoms with Gasteiger partial charge in [0.2, 0.25) is 10.0 Å². The van der Waals surface area contributed by atoms with Crippen molar-refractivity contribution >= 4 is 50.9 Å². The van der Waals surface area contributed by atoms with E-state index in [0.29, 0.717) is 16.4 Å². The number of rotatable bonds is 6. The third-order valence-corrected chi connectivity index (χ3v) is 7.68. The van der Waals surface area contributed by atoms with Crippen LogP contribution in [-0.2, 0) is 14.8 Å². The molecule has 0 saturated carbocycles. The van der Waals surface area contributed by atoms with Gasteiger partial charge in [0.05, 0.1) is 22.8 Å². The summed E-state index contributed by atoms with van der Waals surface area (Å²) in [6, 6.07) is 10.5. The summed E-state index contributed by atoms with van der Waals surface area (Å²) in [5, 5.41) is 0.301. The maximum absolute atomic E-state index is 14.7. The third kappa shape index (κ3) is 5.08. The fourth-order valence-corrected chi connectivity index (χ4v) is 5.75. The van der Waals surface area contributed by atoms with E-state index in [2.05, 4.69) is 4.72 Å². The Bertz CT molecular complexity index is 1080. The highest BCUT2D eigenvalue weighted by Crippen LogP contribution is 2.29. The Morgan fingerprint density at radius 3 is 2.68 bits per heavy atom. The van der Waals surface area contributed by atoms with Crippen LogP contribution in [-0.4, -0.2) is 58.3 Å². The maximum atomic E-state index is 14.7. The number of carbonyl (C=O) groups is 1. The van der Waals surface area contributed by atoms with Gasteiger partial charge >= 0.3 is 6.09 Å². The number of thioether (sulfide) groups is 1. The zero-order valence-corrected chi connectivity index (χ0v) is 18.9. The summed E-state index contributed by atoms with van der Waals surface area (Å²) < 4.78 is 47.3. The molecule has 2 saturated heterocycles. The van der Waals surface area contributed by atoms with Crippen molar-refractivity contribution in [3.63, 3.8) is 0 Å². The van der Waals surface area contributed by atoms with Crippen molar-refractivity contribution < 1.29 is 22.3 Å². The van der Waals surface area contributed by atoms with Crippen LogP contribution in [0.4, 0.5) is 20.6 Å². The zero-order chi connectivity index (χ0) is 22.0. The van der Waals surface area contributed by atoms with Gasteiger partial charge in [0.1, 0.15) is 11.9 Å². The fourth-order valence-electron chi connectivity index (χ4n) is 3.48. The highest BCUT2D eigenvalue weighted by atomic mass is 35.5. The molecule has 2 aliphatic heterocycles. The van der Waals surface area contributed by atoms with Crippen LogP contribution in [0.5, 0.6) is 0 Å². The molecule has 1 amide bonds. The number of anilines is 2. The van der Waals surface area contributed by atoms with E-state index < -0.39 is 28.0 Å². The van der Waals surface area contributed by atoms with Crippen molar-refractivity contribution in [2.75, 3.05) is 47.5 Å². The molecule has 0 aliphatic carbocycles. The predicted octanol–water partition coefficient (Wildman–Crippen LogP) is 3.34. The van der Waals surface area contributed by atoms with E-state index in [1.165, 1.54) is 29.2 Å². The van der Waals surface area contributed by atoms with Crippen LogP contribution in [0.3, 0.4) is 0 Å². The van der Waals surface area contributed by atoms with Gasteiger partial charge in [-0.05, 0) is 36.4 Å². The number of halogens is 2. The summed E-state index contributed by atoms with van der Waals surface area (Å²) in [5.74, 6) is 1.50. The molecule has 31 heavy (non-hydrogen) atoms. The molecule has 0 aromatic heterocycles. The lowest BCUT2D eigenvalue weighted by atomic mass is 10.2. The minimum atomic E-state index is -3.81. The van der Waals surface area contributed by atoms with Crippen LogP contribution in [0, 0.1) is 5.82 Å². The number of ether oxygens (including phenoxy) is 1. The van der Waals surface area contributed by atoms with Crippen molar-refractivity contribution in [3.05, 3.63) is 53.3 Å². The number of hydrogen-bond acceptors (Lipinski definition) is 6. The smallest absolute Gasteiger partial charge is 0.414 e. The Hall–Kier alpha value is -2.01. The van der Waals surface area contributed by atoms with Crippen molar-refractivity contribution in [2.45, 2.75) is 11.0 Å². The van der Waals surface area contributed by atoms with Gasteiger partial charge in [-0.2, -0.15) is 11.8 Å². The van der Waals surface area contributed by atoms with Gasteiger partial charge in [-0.25, -0.2) is 22.3 Å². The maximum Gasteiger partial charge on any atom is 0.414 e. The Morgan fingerprint density at radius 2 is 1.97 bits per heavy atom. The van der Waals surface area contributed by atoms with Crippen LogP contribution >= 0.6 is 23.4 Å². The largest absolute Gasteiger partial charge is 0.443 e. The second-order valence-corrected chi connectivity index (χ2v) is 10.6. The molecule has 7 nitrogen and oxygen atoms in total. The molecular formula is C20H21ClFN3O4S2. The molecule has 2 fully saturated rings. The van der Waals surface area contributed by atoms with Crippen LogP contribution < -0.4 is 14.5 Å². The number of nitrogens with zero attached hydrogens (tertiary/aromatic N) is 2. The van der Waals surface area contributed by atoms with Gasteiger partial charge in [-0.15, -0.1) is 0 Å². The average Bonchev–Trinajstić information content (AvgIpc) is 3.13. The van der Waals surface area contributed by atoms with Gasteiger partial charge in [0, 0.05) is 36.2 Å². The van der Waals surface area contributed by atoms with Crippen molar-refractivity contribution in [1.29, 1.82) is 0 Å². The highest BCUT2D eigenvalue weighted by Gasteiger charge is 2.33. The topological polar surface area (TPSA) is 78.9 Å². The lowest BCUT2D eigenvalue weighted by molar-refractivity contribution is 0.143. The minimum Gasteiger partial charge on any atom is -0.443 e. The Morgan fingerprint density at radius 1 is 1.19 bits per heavy atom. The molecule has 2 aromatic carbocycles.